The Morgan fingerprint density at radius 1 is 1.38 bits per heavy atom. The molecule has 1 N–H and O–H groups in total. The van der Waals surface area contributed by atoms with E-state index in [0.29, 0.717) is 12.6 Å². The van der Waals surface area contributed by atoms with Crippen LogP contribution in [-0.4, -0.2) is 6.04 Å². The molecule has 16 heavy (non-hydrogen) atoms. The average molecular weight is 244 g/mol. The molecule has 1 nitrogen and oxygen atoms in total. The lowest BCUT2D eigenvalue weighted by atomic mass is 9.88. The Balaban J connectivity index is 2.65. The van der Waals surface area contributed by atoms with E-state index in [2.05, 4.69) is 33.0 Å². The van der Waals surface area contributed by atoms with Gasteiger partial charge in [0.25, 0.3) is 0 Å². The number of hydrogen-bond acceptors (Lipinski definition) is 1. The first kappa shape index (κ1) is 13.5. The molecule has 0 amide bonds. The predicted molar refractivity (Wildman–Crippen MR) is 67.2 cm³/mol. The summed E-state index contributed by atoms with van der Waals surface area (Å²) in [5.74, 6) is -0.357. The van der Waals surface area contributed by atoms with Crippen LogP contribution in [0.1, 0.15) is 33.3 Å². The Bertz CT molecular complexity index is 357. The van der Waals surface area contributed by atoms with Crippen LogP contribution < -0.4 is 5.32 Å². The Labute approximate surface area is 102 Å². The van der Waals surface area contributed by atoms with Crippen LogP contribution in [0.3, 0.4) is 0 Å². The van der Waals surface area contributed by atoms with Gasteiger partial charge in [-0.1, -0.05) is 44.5 Å². The molecule has 0 saturated heterocycles. The zero-order valence-corrected chi connectivity index (χ0v) is 11.0. The molecule has 0 radical (unpaired) electrons. The zero-order valence-electron chi connectivity index (χ0n) is 10.3. The van der Waals surface area contributed by atoms with Crippen LogP contribution in [0.2, 0.25) is 5.02 Å². The van der Waals surface area contributed by atoms with Crippen molar-refractivity contribution >= 4 is 11.6 Å². The minimum atomic E-state index is -0.357. The van der Waals surface area contributed by atoms with Crippen LogP contribution in [0.5, 0.6) is 0 Å². The molecule has 0 aliphatic rings. The van der Waals surface area contributed by atoms with Crippen molar-refractivity contribution in [3.8, 4) is 0 Å². The lowest BCUT2D eigenvalue weighted by Crippen LogP contribution is -2.37. The largest absolute Gasteiger partial charge is 0.310 e. The van der Waals surface area contributed by atoms with Crippen LogP contribution in [0.4, 0.5) is 4.39 Å². The molecular formula is C13H19ClFN. The number of rotatable bonds is 3. The molecule has 0 bridgehead atoms. The van der Waals surface area contributed by atoms with Crippen molar-refractivity contribution in [1.82, 2.24) is 5.32 Å². The lowest BCUT2D eigenvalue weighted by molar-refractivity contribution is 0.285. The van der Waals surface area contributed by atoms with Gasteiger partial charge in [0, 0.05) is 12.6 Å². The van der Waals surface area contributed by atoms with Gasteiger partial charge in [0.1, 0.15) is 5.82 Å². The maximum atomic E-state index is 13.2. The van der Waals surface area contributed by atoms with Crippen molar-refractivity contribution < 1.29 is 4.39 Å². The average Bonchev–Trinajstić information content (AvgIpc) is 2.18. The Kier molecular flexibility index (Phi) is 4.34. The molecule has 3 heteroatoms. The van der Waals surface area contributed by atoms with Crippen molar-refractivity contribution in [2.45, 2.75) is 40.3 Å². The summed E-state index contributed by atoms with van der Waals surface area (Å²) in [5, 5.41) is 3.57. The van der Waals surface area contributed by atoms with Crippen molar-refractivity contribution in [3.63, 3.8) is 0 Å². The van der Waals surface area contributed by atoms with E-state index in [1.165, 1.54) is 6.07 Å². The highest BCUT2D eigenvalue weighted by atomic mass is 35.5. The van der Waals surface area contributed by atoms with E-state index < -0.39 is 0 Å². The maximum absolute atomic E-state index is 13.2. The smallest absolute Gasteiger partial charge is 0.142 e. The van der Waals surface area contributed by atoms with Crippen molar-refractivity contribution in [2.24, 2.45) is 5.41 Å². The highest BCUT2D eigenvalue weighted by Crippen LogP contribution is 2.22. The molecule has 0 saturated carbocycles. The van der Waals surface area contributed by atoms with Crippen LogP contribution >= 0.6 is 11.6 Å². The van der Waals surface area contributed by atoms with Gasteiger partial charge in [0.2, 0.25) is 0 Å². The van der Waals surface area contributed by atoms with Crippen LogP contribution in [0, 0.1) is 11.2 Å². The molecule has 0 aliphatic carbocycles. The van der Waals surface area contributed by atoms with Gasteiger partial charge in [-0.25, -0.2) is 4.39 Å². The maximum Gasteiger partial charge on any atom is 0.142 e. The summed E-state index contributed by atoms with van der Waals surface area (Å²) in [4.78, 5) is 0. The molecule has 90 valence electrons. The molecule has 1 aromatic rings. The third-order valence-corrected chi connectivity index (χ3v) is 3.35. The van der Waals surface area contributed by atoms with Crippen LogP contribution in [0.15, 0.2) is 18.2 Å². The monoisotopic (exact) mass is 243 g/mol. The molecule has 1 aromatic carbocycles. The predicted octanol–water partition coefficient (Wildman–Crippen LogP) is 4.00. The standard InChI is InChI=1S/C13H19ClFN/c1-9(13(2,3)4)16-8-10-6-5-7-11(15)12(10)14/h5-7,9,16H,8H2,1-4H3. The summed E-state index contributed by atoms with van der Waals surface area (Å²) in [6.07, 6.45) is 0. The summed E-state index contributed by atoms with van der Waals surface area (Å²) in [6.45, 7) is 9.20. The topological polar surface area (TPSA) is 12.0 Å². The molecule has 0 aromatic heterocycles. The Morgan fingerprint density at radius 3 is 2.56 bits per heavy atom. The van der Waals surface area contributed by atoms with E-state index in [9.17, 15) is 4.39 Å². The van der Waals surface area contributed by atoms with Crippen molar-refractivity contribution in [1.29, 1.82) is 0 Å². The number of benzene rings is 1. The third kappa shape index (κ3) is 3.46. The third-order valence-electron chi connectivity index (χ3n) is 2.93. The minimum Gasteiger partial charge on any atom is -0.310 e. The van der Waals surface area contributed by atoms with E-state index in [0.717, 1.165) is 5.56 Å². The number of halogens is 2. The van der Waals surface area contributed by atoms with E-state index in [-0.39, 0.29) is 16.3 Å². The quantitative estimate of drug-likeness (QED) is 0.846. The summed E-state index contributed by atoms with van der Waals surface area (Å²) in [6, 6.07) is 5.24. The molecule has 0 spiro atoms. The first-order valence-electron chi connectivity index (χ1n) is 5.48. The van der Waals surface area contributed by atoms with Crippen LogP contribution in [-0.2, 0) is 6.54 Å². The fourth-order valence-electron chi connectivity index (χ4n) is 1.25. The van der Waals surface area contributed by atoms with E-state index in [4.69, 9.17) is 11.6 Å². The van der Waals surface area contributed by atoms with E-state index in [1.54, 1.807) is 6.07 Å². The summed E-state index contributed by atoms with van der Waals surface area (Å²) >= 11 is 5.88. The van der Waals surface area contributed by atoms with E-state index >= 15 is 0 Å². The van der Waals surface area contributed by atoms with Gasteiger partial charge in [0.05, 0.1) is 5.02 Å². The van der Waals surface area contributed by atoms with Crippen molar-refractivity contribution in [3.05, 3.63) is 34.6 Å². The summed E-state index contributed by atoms with van der Waals surface area (Å²) < 4.78 is 13.2. The van der Waals surface area contributed by atoms with Gasteiger partial charge in [-0.3, -0.25) is 0 Å². The molecule has 1 atom stereocenters. The van der Waals surface area contributed by atoms with E-state index in [1.807, 2.05) is 6.07 Å². The molecule has 1 rings (SSSR count). The fraction of sp³-hybridized carbons (Fsp3) is 0.538. The van der Waals surface area contributed by atoms with Gasteiger partial charge in [-0.15, -0.1) is 0 Å². The summed E-state index contributed by atoms with van der Waals surface area (Å²) in [7, 11) is 0. The highest BCUT2D eigenvalue weighted by molar-refractivity contribution is 6.31. The SMILES string of the molecule is CC(NCc1cccc(F)c1Cl)C(C)(C)C. The fourth-order valence-corrected chi connectivity index (χ4v) is 1.45. The second-order valence-electron chi connectivity index (χ2n) is 5.18. The second kappa shape index (κ2) is 5.15. The number of nitrogens with one attached hydrogen (secondary N) is 1. The molecular weight excluding hydrogens is 225 g/mol. The first-order valence-corrected chi connectivity index (χ1v) is 5.86. The van der Waals surface area contributed by atoms with Gasteiger partial charge in [0.15, 0.2) is 0 Å². The highest BCUT2D eigenvalue weighted by Gasteiger charge is 2.19. The number of hydrogen-bond donors (Lipinski definition) is 1. The first-order chi connectivity index (χ1) is 7.32. The van der Waals surface area contributed by atoms with Gasteiger partial charge in [-0.05, 0) is 24.0 Å². The summed E-state index contributed by atoms with van der Waals surface area (Å²) in [5.41, 5.74) is 0.984. The molecule has 0 heterocycles. The minimum absolute atomic E-state index is 0.180. The molecule has 0 aliphatic heterocycles. The lowest BCUT2D eigenvalue weighted by Gasteiger charge is -2.28. The van der Waals surface area contributed by atoms with Gasteiger partial charge in [-0.2, -0.15) is 0 Å². The Morgan fingerprint density at radius 2 is 2.00 bits per heavy atom. The normalized spacial score (nSPS) is 13.9. The van der Waals surface area contributed by atoms with Gasteiger partial charge >= 0.3 is 0 Å². The van der Waals surface area contributed by atoms with Gasteiger partial charge < -0.3 is 5.32 Å². The zero-order chi connectivity index (χ0) is 12.3. The molecule has 1 unspecified atom stereocenters. The van der Waals surface area contributed by atoms with Crippen LogP contribution in [0.25, 0.3) is 0 Å². The molecule has 0 fully saturated rings. The second-order valence-corrected chi connectivity index (χ2v) is 5.56. The van der Waals surface area contributed by atoms with Crippen molar-refractivity contribution in [2.75, 3.05) is 0 Å². The Hall–Kier alpha value is -0.600.